The summed E-state index contributed by atoms with van der Waals surface area (Å²) in [5, 5.41) is 13.0. The van der Waals surface area contributed by atoms with Gasteiger partial charge in [0.15, 0.2) is 0 Å². The van der Waals surface area contributed by atoms with E-state index in [1.54, 1.807) is 11.3 Å². The maximum absolute atomic E-state index is 9.77. The highest BCUT2D eigenvalue weighted by Gasteiger charge is 2.05. The van der Waals surface area contributed by atoms with Crippen molar-refractivity contribution < 1.29 is 14.6 Å². The van der Waals surface area contributed by atoms with Crippen LogP contribution >= 0.6 is 11.3 Å². The molecule has 1 rings (SSSR count). The van der Waals surface area contributed by atoms with Crippen molar-refractivity contribution in [1.82, 2.24) is 10.3 Å². The van der Waals surface area contributed by atoms with Gasteiger partial charge in [0.25, 0.3) is 0 Å². The minimum atomic E-state index is -0.455. The predicted octanol–water partition coefficient (Wildman–Crippen LogP) is 1.78. The van der Waals surface area contributed by atoms with Crippen LogP contribution in [0.15, 0.2) is 5.51 Å². The maximum Gasteiger partial charge on any atom is 0.0897 e. The molecule has 0 saturated heterocycles. The molecule has 0 radical (unpaired) electrons. The highest BCUT2D eigenvalue weighted by Crippen LogP contribution is 2.12. The standard InChI is InChI=1S/C15H28N2O3S/c1-3-7-19-8-4-6-16-10-14(18)11-20-9-5-15-13(2)17-12-21-15/h12,14,16,18H,3-11H2,1-2H3. The minimum absolute atomic E-state index is 0.372. The van der Waals surface area contributed by atoms with Gasteiger partial charge in [-0.25, -0.2) is 4.98 Å². The molecule has 1 heterocycles. The summed E-state index contributed by atoms with van der Waals surface area (Å²) in [5.74, 6) is 0. The minimum Gasteiger partial charge on any atom is -0.389 e. The van der Waals surface area contributed by atoms with Crippen LogP contribution in [0.4, 0.5) is 0 Å². The number of aliphatic hydroxyl groups is 1. The SMILES string of the molecule is CCCOCCCNCC(O)COCCc1scnc1C. The Morgan fingerprint density at radius 3 is 2.90 bits per heavy atom. The highest BCUT2D eigenvalue weighted by atomic mass is 32.1. The van der Waals surface area contributed by atoms with E-state index < -0.39 is 6.10 Å². The van der Waals surface area contributed by atoms with E-state index in [0.717, 1.165) is 44.7 Å². The van der Waals surface area contributed by atoms with Gasteiger partial charge < -0.3 is 19.9 Å². The fraction of sp³-hybridized carbons (Fsp3) is 0.800. The lowest BCUT2D eigenvalue weighted by atomic mass is 10.3. The number of hydrogen-bond donors (Lipinski definition) is 2. The van der Waals surface area contributed by atoms with Gasteiger partial charge in [-0.2, -0.15) is 0 Å². The number of aryl methyl sites for hydroxylation is 1. The largest absolute Gasteiger partial charge is 0.389 e. The molecular formula is C15H28N2O3S. The molecule has 122 valence electrons. The summed E-state index contributed by atoms with van der Waals surface area (Å²) in [6.45, 7) is 8.15. The second kappa shape index (κ2) is 12.1. The monoisotopic (exact) mass is 316 g/mol. The number of aromatic nitrogens is 1. The molecule has 6 heteroatoms. The van der Waals surface area contributed by atoms with E-state index in [1.807, 2.05) is 12.4 Å². The normalized spacial score (nSPS) is 12.7. The van der Waals surface area contributed by atoms with Crippen molar-refractivity contribution in [2.24, 2.45) is 0 Å². The average molecular weight is 316 g/mol. The number of aliphatic hydroxyl groups excluding tert-OH is 1. The molecule has 1 atom stereocenters. The maximum atomic E-state index is 9.77. The van der Waals surface area contributed by atoms with Crippen LogP contribution in [0.5, 0.6) is 0 Å². The number of nitrogens with zero attached hydrogens (tertiary/aromatic N) is 1. The van der Waals surface area contributed by atoms with Gasteiger partial charge in [-0.05, 0) is 26.3 Å². The first-order valence-corrected chi connectivity index (χ1v) is 8.55. The first kappa shape index (κ1) is 18.5. The van der Waals surface area contributed by atoms with Gasteiger partial charge in [0.1, 0.15) is 0 Å². The van der Waals surface area contributed by atoms with Crippen LogP contribution in [0.1, 0.15) is 30.3 Å². The summed E-state index contributed by atoms with van der Waals surface area (Å²) in [4.78, 5) is 5.46. The lowest BCUT2D eigenvalue weighted by molar-refractivity contribution is 0.0382. The Hall–Kier alpha value is -0.530. The Morgan fingerprint density at radius 1 is 1.33 bits per heavy atom. The molecule has 0 aliphatic carbocycles. The van der Waals surface area contributed by atoms with Crippen molar-refractivity contribution in [1.29, 1.82) is 0 Å². The van der Waals surface area contributed by atoms with Crippen LogP contribution in [0, 0.1) is 6.92 Å². The average Bonchev–Trinajstić information content (AvgIpc) is 2.88. The smallest absolute Gasteiger partial charge is 0.0897 e. The fourth-order valence-corrected chi connectivity index (χ4v) is 2.59. The van der Waals surface area contributed by atoms with Crippen molar-refractivity contribution >= 4 is 11.3 Å². The summed E-state index contributed by atoms with van der Waals surface area (Å²) in [6, 6.07) is 0. The van der Waals surface area contributed by atoms with Crippen LogP contribution in [-0.2, 0) is 15.9 Å². The molecule has 21 heavy (non-hydrogen) atoms. The molecule has 1 aromatic heterocycles. The quantitative estimate of drug-likeness (QED) is 0.543. The van der Waals surface area contributed by atoms with Gasteiger partial charge in [-0.15, -0.1) is 11.3 Å². The van der Waals surface area contributed by atoms with Crippen molar-refractivity contribution in [3.05, 3.63) is 16.1 Å². The van der Waals surface area contributed by atoms with Gasteiger partial charge in [0.05, 0.1) is 30.5 Å². The molecule has 0 aliphatic heterocycles. The van der Waals surface area contributed by atoms with Crippen molar-refractivity contribution in [3.63, 3.8) is 0 Å². The molecule has 0 fully saturated rings. The topological polar surface area (TPSA) is 63.6 Å². The van der Waals surface area contributed by atoms with Crippen LogP contribution in [0.3, 0.4) is 0 Å². The molecule has 0 amide bonds. The van der Waals surface area contributed by atoms with Crippen LogP contribution < -0.4 is 5.32 Å². The molecule has 1 unspecified atom stereocenters. The number of hydrogen-bond acceptors (Lipinski definition) is 6. The lowest BCUT2D eigenvalue weighted by Gasteiger charge is -2.12. The Kier molecular flexibility index (Phi) is 10.6. The highest BCUT2D eigenvalue weighted by molar-refractivity contribution is 7.09. The van der Waals surface area contributed by atoms with Gasteiger partial charge >= 0.3 is 0 Å². The third-order valence-electron chi connectivity index (χ3n) is 3.00. The Balaban J connectivity index is 1.89. The summed E-state index contributed by atoms with van der Waals surface area (Å²) < 4.78 is 10.9. The first-order chi connectivity index (χ1) is 10.2. The van der Waals surface area contributed by atoms with Crippen molar-refractivity contribution in [3.8, 4) is 0 Å². The summed E-state index contributed by atoms with van der Waals surface area (Å²) in [5.41, 5.74) is 2.93. The van der Waals surface area contributed by atoms with E-state index in [1.165, 1.54) is 4.88 Å². The molecule has 0 bridgehead atoms. The van der Waals surface area contributed by atoms with Crippen molar-refractivity contribution in [2.45, 2.75) is 39.2 Å². The molecule has 0 aromatic carbocycles. The first-order valence-electron chi connectivity index (χ1n) is 7.67. The van der Waals surface area contributed by atoms with E-state index in [4.69, 9.17) is 9.47 Å². The Bertz CT molecular complexity index is 360. The summed E-state index contributed by atoms with van der Waals surface area (Å²) >= 11 is 1.66. The van der Waals surface area contributed by atoms with Gasteiger partial charge in [-0.1, -0.05) is 6.92 Å². The number of nitrogens with one attached hydrogen (secondary N) is 1. The molecule has 0 saturated carbocycles. The third kappa shape index (κ3) is 9.16. The zero-order valence-electron chi connectivity index (χ0n) is 13.1. The molecule has 0 aliphatic rings. The Labute approximate surface area is 131 Å². The fourth-order valence-electron chi connectivity index (χ4n) is 1.82. The third-order valence-corrected chi connectivity index (χ3v) is 3.99. The number of rotatable bonds is 13. The lowest BCUT2D eigenvalue weighted by Crippen LogP contribution is -2.31. The van der Waals surface area contributed by atoms with Gasteiger partial charge in [-0.3, -0.25) is 0 Å². The summed E-state index contributed by atoms with van der Waals surface area (Å²) in [7, 11) is 0. The van der Waals surface area contributed by atoms with E-state index in [0.29, 0.717) is 19.8 Å². The predicted molar refractivity (Wildman–Crippen MR) is 86.0 cm³/mol. The van der Waals surface area contributed by atoms with Gasteiger partial charge in [0.2, 0.25) is 0 Å². The van der Waals surface area contributed by atoms with E-state index in [-0.39, 0.29) is 0 Å². The molecule has 0 spiro atoms. The number of thiazole rings is 1. The zero-order valence-corrected chi connectivity index (χ0v) is 14.0. The van der Waals surface area contributed by atoms with Crippen LogP contribution in [0.25, 0.3) is 0 Å². The van der Waals surface area contributed by atoms with Crippen LogP contribution in [-0.4, -0.2) is 55.7 Å². The number of ether oxygens (including phenoxy) is 2. The summed E-state index contributed by atoms with van der Waals surface area (Å²) in [6.07, 6.45) is 2.44. The second-order valence-corrected chi connectivity index (χ2v) is 5.95. The molecule has 5 nitrogen and oxygen atoms in total. The van der Waals surface area contributed by atoms with Crippen molar-refractivity contribution in [2.75, 3.05) is 39.5 Å². The zero-order chi connectivity index (χ0) is 15.3. The molecule has 2 N–H and O–H groups in total. The Morgan fingerprint density at radius 2 is 2.19 bits per heavy atom. The second-order valence-electron chi connectivity index (χ2n) is 5.01. The molecule has 1 aromatic rings. The molecular weight excluding hydrogens is 288 g/mol. The van der Waals surface area contributed by atoms with E-state index in [9.17, 15) is 5.11 Å². The van der Waals surface area contributed by atoms with E-state index >= 15 is 0 Å². The van der Waals surface area contributed by atoms with Crippen LogP contribution in [0.2, 0.25) is 0 Å². The van der Waals surface area contributed by atoms with E-state index in [2.05, 4.69) is 17.2 Å². The van der Waals surface area contributed by atoms with Gasteiger partial charge in [0, 0.05) is 31.1 Å².